The summed E-state index contributed by atoms with van der Waals surface area (Å²) in [6.07, 6.45) is 0.218. The zero-order chi connectivity index (χ0) is 16.6. The van der Waals surface area contributed by atoms with Crippen molar-refractivity contribution in [1.82, 2.24) is 19.5 Å². The number of anilines is 1. The molecule has 0 radical (unpaired) electrons. The Morgan fingerprint density at radius 1 is 1.22 bits per heavy atom. The van der Waals surface area contributed by atoms with Crippen molar-refractivity contribution in [1.29, 1.82) is 0 Å². The van der Waals surface area contributed by atoms with Gasteiger partial charge < -0.3 is 9.47 Å². The van der Waals surface area contributed by atoms with Crippen molar-refractivity contribution >= 4 is 5.95 Å². The molecule has 1 aliphatic heterocycles. The molecule has 2 aromatic rings. The average molecular weight is 329 g/mol. The van der Waals surface area contributed by atoms with Crippen molar-refractivity contribution in [3.63, 3.8) is 0 Å². The second-order valence-corrected chi connectivity index (χ2v) is 5.58. The van der Waals surface area contributed by atoms with Crippen molar-refractivity contribution in [3.05, 3.63) is 35.9 Å². The maximum Gasteiger partial charge on any atom is 0.434 e. The third kappa shape index (κ3) is 3.27. The van der Waals surface area contributed by atoms with Gasteiger partial charge in [0.05, 0.1) is 12.4 Å². The van der Waals surface area contributed by atoms with Crippen molar-refractivity contribution in [2.45, 2.75) is 24.9 Å². The summed E-state index contributed by atoms with van der Waals surface area (Å²) < 4.78 is 52.7. The number of piperidine rings is 1. The first-order valence-corrected chi connectivity index (χ1v) is 7.17. The van der Waals surface area contributed by atoms with E-state index >= 15 is 0 Å². The zero-order valence-corrected chi connectivity index (χ0v) is 12.4. The maximum atomic E-state index is 12.9. The van der Waals surface area contributed by atoms with E-state index in [1.807, 2.05) is 4.90 Å². The van der Waals surface area contributed by atoms with Crippen LogP contribution in [0.1, 0.15) is 30.3 Å². The fourth-order valence-corrected chi connectivity index (χ4v) is 2.83. The number of hydrogen-bond donors (Lipinski definition) is 0. The quantitative estimate of drug-likeness (QED) is 0.795. The van der Waals surface area contributed by atoms with Crippen molar-refractivity contribution in [2.24, 2.45) is 7.05 Å². The lowest BCUT2D eigenvalue weighted by Crippen LogP contribution is -2.36. The van der Waals surface area contributed by atoms with Gasteiger partial charge >= 0.3 is 6.18 Å². The summed E-state index contributed by atoms with van der Waals surface area (Å²) in [6.45, 7) is 1.13. The van der Waals surface area contributed by atoms with E-state index in [9.17, 15) is 17.6 Å². The third-order valence-electron chi connectivity index (χ3n) is 3.88. The Bertz CT molecular complexity index is 679. The molecule has 1 atom stereocenters. The molecule has 1 saturated heterocycles. The van der Waals surface area contributed by atoms with Crippen LogP contribution in [-0.4, -0.2) is 32.6 Å². The van der Waals surface area contributed by atoms with E-state index in [4.69, 9.17) is 0 Å². The third-order valence-corrected chi connectivity index (χ3v) is 3.88. The van der Waals surface area contributed by atoms with E-state index < -0.39 is 17.7 Å². The van der Waals surface area contributed by atoms with Crippen LogP contribution in [0.2, 0.25) is 0 Å². The first kappa shape index (κ1) is 15.7. The predicted molar refractivity (Wildman–Crippen MR) is 74.4 cm³/mol. The Labute approximate surface area is 130 Å². The molecule has 0 amide bonds. The molecule has 3 heterocycles. The monoisotopic (exact) mass is 329 g/mol. The molecule has 0 aromatic carbocycles. The number of imidazole rings is 1. The Balaban J connectivity index is 1.81. The number of rotatable bonds is 2. The second kappa shape index (κ2) is 5.78. The van der Waals surface area contributed by atoms with Crippen LogP contribution in [0.5, 0.6) is 0 Å². The molecule has 124 valence electrons. The minimum Gasteiger partial charge on any atom is -0.340 e. The number of nitrogens with zero attached hydrogens (tertiary/aromatic N) is 5. The van der Waals surface area contributed by atoms with E-state index in [2.05, 4.69) is 15.0 Å². The van der Waals surface area contributed by atoms with Crippen LogP contribution in [0.15, 0.2) is 18.6 Å². The summed E-state index contributed by atoms with van der Waals surface area (Å²) in [4.78, 5) is 13.5. The van der Waals surface area contributed by atoms with Crippen LogP contribution >= 0.6 is 0 Å². The van der Waals surface area contributed by atoms with Gasteiger partial charge in [0, 0.05) is 32.3 Å². The van der Waals surface area contributed by atoms with Gasteiger partial charge in [-0.25, -0.2) is 19.3 Å². The van der Waals surface area contributed by atoms with Gasteiger partial charge in [-0.3, -0.25) is 0 Å². The molecule has 9 heteroatoms. The van der Waals surface area contributed by atoms with Crippen molar-refractivity contribution in [2.75, 3.05) is 18.0 Å². The van der Waals surface area contributed by atoms with E-state index in [1.165, 1.54) is 4.57 Å². The smallest absolute Gasteiger partial charge is 0.340 e. The number of halogens is 4. The lowest BCUT2D eigenvalue weighted by molar-refractivity contribution is -0.141. The molecule has 1 fully saturated rings. The minimum absolute atomic E-state index is 0.154. The number of hydrogen-bond acceptors (Lipinski definition) is 4. The Kier molecular flexibility index (Phi) is 3.95. The van der Waals surface area contributed by atoms with Crippen molar-refractivity contribution in [3.8, 4) is 0 Å². The molecular formula is C14H15F4N5. The Morgan fingerprint density at radius 2 is 1.91 bits per heavy atom. The van der Waals surface area contributed by atoms with Crippen LogP contribution in [0.3, 0.4) is 0 Å². The first-order chi connectivity index (χ1) is 10.8. The van der Waals surface area contributed by atoms with E-state index in [1.54, 1.807) is 7.05 Å². The molecule has 0 spiro atoms. The average Bonchev–Trinajstić information content (AvgIpc) is 2.90. The van der Waals surface area contributed by atoms with Gasteiger partial charge in [-0.15, -0.1) is 0 Å². The van der Waals surface area contributed by atoms with Gasteiger partial charge in [0.2, 0.25) is 5.95 Å². The second-order valence-electron chi connectivity index (χ2n) is 5.58. The molecule has 0 saturated carbocycles. The zero-order valence-electron chi connectivity index (χ0n) is 12.4. The van der Waals surface area contributed by atoms with Crippen LogP contribution in [-0.2, 0) is 13.2 Å². The SMILES string of the molecule is Cn1cc(C(F)(F)F)nc1C1CCCN(c2ncc(F)cn2)C1. The highest BCUT2D eigenvalue weighted by Crippen LogP contribution is 2.32. The maximum absolute atomic E-state index is 12.9. The summed E-state index contributed by atoms with van der Waals surface area (Å²) in [7, 11) is 1.56. The summed E-state index contributed by atoms with van der Waals surface area (Å²) in [5, 5.41) is 0. The molecule has 5 nitrogen and oxygen atoms in total. The van der Waals surface area contributed by atoms with Gasteiger partial charge in [-0.2, -0.15) is 13.2 Å². The van der Waals surface area contributed by atoms with E-state index in [0.29, 0.717) is 24.9 Å². The summed E-state index contributed by atoms with van der Waals surface area (Å²) >= 11 is 0. The lowest BCUT2D eigenvalue weighted by Gasteiger charge is -2.32. The van der Waals surface area contributed by atoms with Crippen LogP contribution in [0.25, 0.3) is 0 Å². The highest BCUT2D eigenvalue weighted by Gasteiger charge is 2.36. The fourth-order valence-electron chi connectivity index (χ4n) is 2.83. The molecule has 0 bridgehead atoms. The molecule has 0 aliphatic carbocycles. The summed E-state index contributed by atoms with van der Waals surface area (Å²) in [5.41, 5.74) is -0.884. The normalized spacial score (nSPS) is 19.2. The molecule has 1 unspecified atom stereocenters. The van der Waals surface area contributed by atoms with Crippen LogP contribution in [0.4, 0.5) is 23.5 Å². The number of aromatic nitrogens is 4. The first-order valence-electron chi connectivity index (χ1n) is 7.17. The van der Waals surface area contributed by atoms with E-state index in [0.717, 1.165) is 31.4 Å². The Morgan fingerprint density at radius 3 is 2.52 bits per heavy atom. The largest absolute Gasteiger partial charge is 0.434 e. The molecule has 1 aliphatic rings. The van der Waals surface area contributed by atoms with Crippen molar-refractivity contribution < 1.29 is 17.6 Å². The highest BCUT2D eigenvalue weighted by molar-refractivity contribution is 5.31. The molecular weight excluding hydrogens is 314 g/mol. The molecule has 3 rings (SSSR count). The van der Waals surface area contributed by atoms with Crippen LogP contribution < -0.4 is 4.90 Å². The predicted octanol–water partition coefficient (Wildman–Crippen LogP) is 2.75. The minimum atomic E-state index is -4.45. The van der Waals surface area contributed by atoms with Crippen LogP contribution in [0, 0.1) is 5.82 Å². The molecule has 2 aromatic heterocycles. The molecule has 0 N–H and O–H groups in total. The van der Waals surface area contributed by atoms with Gasteiger partial charge in [0.25, 0.3) is 0 Å². The highest BCUT2D eigenvalue weighted by atomic mass is 19.4. The fraction of sp³-hybridized carbons (Fsp3) is 0.500. The van der Waals surface area contributed by atoms with Gasteiger partial charge in [-0.05, 0) is 12.8 Å². The van der Waals surface area contributed by atoms with Gasteiger partial charge in [0.1, 0.15) is 5.82 Å². The standard InChI is InChI=1S/C14H15F4N5/c1-22-8-11(14(16,17)18)21-12(22)9-3-2-4-23(7-9)13-19-5-10(15)6-20-13/h5-6,8-9H,2-4,7H2,1H3. The van der Waals surface area contributed by atoms with Gasteiger partial charge in [-0.1, -0.05) is 0 Å². The van der Waals surface area contributed by atoms with Gasteiger partial charge in [0.15, 0.2) is 11.5 Å². The number of aryl methyl sites for hydroxylation is 1. The summed E-state index contributed by atoms with van der Waals surface area (Å²) in [6, 6.07) is 0. The lowest BCUT2D eigenvalue weighted by atomic mass is 9.97. The number of alkyl halides is 3. The molecule has 23 heavy (non-hydrogen) atoms. The van der Waals surface area contributed by atoms with E-state index in [-0.39, 0.29) is 5.92 Å². The summed E-state index contributed by atoms with van der Waals surface area (Å²) in [5.74, 6) is 0.0882. The topological polar surface area (TPSA) is 46.8 Å². The Hall–Kier alpha value is -2.19.